The zero-order valence-electron chi connectivity index (χ0n) is 19.2. The molecule has 2 aliphatic heterocycles. The number of benzene rings is 1. The summed E-state index contributed by atoms with van der Waals surface area (Å²) < 4.78 is 2.72. The van der Waals surface area contributed by atoms with E-state index in [-0.39, 0.29) is 11.9 Å². The van der Waals surface area contributed by atoms with Crippen LogP contribution >= 0.6 is 15.9 Å². The highest BCUT2D eigenvalue weighted by molar-refractivity contribution is 9.10. The molecule has 2 fully saturated rings. The van der Waals surface area contributed by atoms with Crippen LogP contribution in [0.1, 0.15) is 65.3 Å². The van der Waals surface area contributed by atoms with Crippen molar-refractivity contribution < 1.29 is 4.79 Å². The molecule has 172 valence electrons. The molecule has 2 aliphatic rings. The normalized spacial score (nSPS) is 18.3. The van der Waals surface area contributed by atoms with Gasteiger partial charge in [-0.05, 0) is 74.0 Å². The Morgan fingerprint density at radius 3 is 2.58 bits per heavy atom. The van der Waals surface area contributed by atoms with E-state index in [1.54, 1.807) is 0 Å². The van der Waals surface area contributed by atoms with Crippen molar-refractivity contribution in [2.24, 2.45) is 0 Å². The Bertz CT molecular complexity index is 1180. The van der Waals surface area contributed by atoms with Crippen LogP contribution in [0.25, 0.3) is 5.65 Å². The van der Waals surface area contributed by atoms with Crippen molar-refractivity contribution in [1.29, 1.82) is 5.26 Å². The average Bonchev–Trinajstić information content (AvgIpc) is 3.51. The second-order valence-electron chi connectivity index (χ2n) is 8.81. The molecule has 0 bridgehead atoms. The first-order valence-corrected chi connectivity index (χ1v) is 12.3. The van der Waals surface area contributed by atoms with Crippen LogP contribution in [-0.2, 0) is 0 Å². The van der Waals surface area contributed by atoms with Gasteiger partial charge in [-0.25, -0.2) is 14.8 Å². The summed E-state index contributed by atoms with van der Waals surface area (Å²) in [7, 11) is 0. The summed E-state index contributed by atoms with van der Waals surface area (Å²) in [6, 6.07) is 7.99. The maximum absolute atomic E-state index is 13.5. The van der Waals surface area contributed by atoms with Crippen LogP contribution in [-0.4, -0.2) is 45.0 Å². The summed E-state index contributed by atoms with van der Waals surface area (Å²) >= 11 is 3.57. The lowest BCUT2D eigenvalue weighted by atomic mass is 9.98. The number of hydrogen-bond acceptors (Lipinski definition) is 5. The molecule has 1 amide bonds. The van der Waals surface area contributed by atoms with Crippen molar-refractivity contribution in [3.63, 3.8) is 0 Å². The predicted octanol–water partition coefficient (Wildman–Crippen LogP) is 5.22. The minimum atomic E-state index is -0.0223. The van der Waals surface area contributed by atoms with Gasteiger partial charge >= 0.3 is 0 Å². The molecule has 0 N–H and O–H groups in total. The molecule has 0 saturated carbocycles. The van der Waals surface area contributed by atoms with Crippen molar-refractivity contribution >= 4 is 33.3 Å². The average molecular weight is 509 g/mol. The number of likely N-dealkylation sites (tertiary alicyclic amines) is 1. The Morgan fingerprint density at radius 2 is 1.82 bits per heavy atom. The number of fused-ring (bicyclic) bond motifs is 1. The lowest BCUT2D eigenvalue weighted by molar-refractivity contribution is 0.0604. The number of halogens is 1. The van der Waals surface area contributed by atoms with E-state index >= 15 is 0 Å². The van der Waals surface area contributed by atoms with E-state index in [0.717, 1.165) is 77.2 Å². The monoisotopic (exact) mass is 508 g/mol. The van der Waals surface area contributed by atoms with Crippen molar-refractivity contribution in [1.82, 2.24) is 19.5 Å². The van der Waals surface area contributed by atoms with Crippen LogP contribution in [0.5, 0.6) is 0 Å². The van der Waals surface area contributed by atoms with Gasteiger partial charge in [0.25, 0.3) is 5.91 Å². The highest BCUT2D eigenvalue weighted by Crippen LogP contribution is 2.34. The van der Waals surface area contributed by atoms with E-state index in [4.69, 9.17) is 15.3 Å². The van der Waals surface area contributed by atoms with Gasteiger partial charge < -0.3 is 9.80 Å². The Morgan fingerprint density at radius 1 is 1.09 bits per heavy atom. The molecule has 33 heavy (non-hydrogen) atoms. The van der Waals surface area contributed by atoms with Gasteiger partial charge in [0.15, 0.2) is 5.65 Å². The van der Waals surface area contributed by atoms with E-state index in [9.17, 15) is 4.79 Å². The second kappa shape index (κ2) is 9.92. The van der Waals surface area contributed by atoms with E-state index in [1.807, 2.05) is 34.5 Å². The number of carbonyl (C=O) groups excluding carboxylic acids is 1. The number of hydrogen-bond donors (Lipinski definition) is 0. The number of nitrogens with zero attached hydrogens (tertiary/aromatic N) is 6. The number of carbonyl (C=O) groups is 1. The van der Waals surface area contributed by atoms with Gasteiger partial charge in [0, 0.05) is 48.5 Å². The summed E-state index contributed by atoms with van der Waals surface area (Å²) in [5.74, 6) is 1.14. The molecule has 8 heteroatoms. The molecule has 1 atom stereocenters. The molecule has 0 spiro atoms. The van der Waals surface area contributed by atoms with Crippen LogP contribution in [0.4, 0.5) is 5.82 Å². The quantitative estimate of drug-likeness (QED) is 0.484. The number of aryl methyl sites for hydroxylation is 2. The maximum atomic E-state index is 13.5. The van der Waals surface area contributed by atoms with Crippen LogP contribution < -0.4 is 4.90 Å². The van der Waals surface area contributed by atoms with Gasteiger partial charge in [-0.15, -0.1) is 0 Å². The lowest BCUT2D eigenvalue weighted by Crippen LogP contribution is -2.38. The van der Waals surface area contributed by atoms with Crippen molar-refractivity contribution in [3.05, 3.63) is 57.3 Å². The minimum absolute atomic E-state index is 0.0223. The summed E-state index contributed by atoms with van der Waals surface area (Å²) in [5, 5.41) is 11.4. The molecule has 4 heterocycles. The summed E-state index contributed by atoms with van der Waals surface area (Å²) in [6.45, 7) is 10.5. The summed E-state index contributed by atoms with van der Waals surface area (Å²) in [6.07, 6.45) is 7.58. The van der Waals surface area contributed by atoms with Gasteiger partial charge in [-0.3, -0.25) is 4.79 Å². The van der Waals surface area contributed by atoms with Crippen molar-refractivity contribution in [2.75, 3.05) is 24.5 Å². The fourth-order valence-corrected chi connectivity index (χ4v) is 5.29. The van der Waals surface area contributed by atoms with Crippen LogP contribution in [0, 0.1) is 25.7 Å². The van der Waals surface area contributed by atoms with Gasteiger partial charge in [0.2, 0.25) is 0 Å². The van der Waals surface area contributed by atoms with Crippen molar-refractivity contribution in [2.45, 2.75) is 52.0 Å². The standard InChI is InChI=1S/C24H28BrN5O.CHN/c1-16-8-9-19(25)18(13-16)24(31)29-12-4-3-7-21(29)20-14-22-26-23(28-10-5-6-11-28)17(2)15-30(22)27-20;1-2/h8-9,13-15,21H,3-7,10-12H2,1-2H3;1H. The highest BCUT2D eigenvalue weighted by Gasteiger charge is 2.31. The first kappa shape index (κ1) is 23.2. The topological polar surface area (TPSA) is 77.5 Å². The smallest absolute Gasteiger partial charge is 0.255 e. The largest absolute Gasteiger partial charge is 0.356 e. The van der Waals surface area contributed by atoms with Gasteiger partial charge in [0.05, 0.1) is 17.3 Å². The van der Waals surface area contributed by atoms with Gasteiger partial charge in [-0.2, -0.15) is 5.10 Å². The van der Waals surface area contributed by atoms with E-state index < -0.39 is 0 Å². The van der Waals surface area contributed by atoms with Crippen LogP contribution in [0.15, 0.2) is 34.9 Å². The molecule has 5 rings (SSSR count). The predicted molar refractivity (Wildman–Crippen MR) is 132 cm³/mol. The Kier molecular flexibility index (Phi) is 6.99. The fourth-order valence-electron chi connectivity index (χ4n) is 4.87. The number of aromatic nitrogens is 3. The van der Waals surface area contributed by atoms with E-state index in [0.29, 0.717) is 0 Å². The molecule has 2 aromatic heterocycles. The third kappa shape index (κ3) is 4.60. The number of amides is 1. The summed E-state index contributed by atoms with van der Waals surface area (Å²) in [4.78, 5) is 22.8. The minimum Gasteiger partial charge on any atom is -0.356 e. The van der Waals surface area contributed by atoms with E-state index in [1.165, 1.54) is 12.8 Å². The highest BCUT2D eigenvalue weighted by atomic mass is 79.9. The zero-order valence-corrected chi connectivity index (χ0v) is 20.8. The Labute approximate surface area is 203 Å². The zero-order chi connectivity index (χ0) is 23.5. The number of piperidine rings is 1. The van der Waals surface area contributed by atoms with Crippen molar-refractivity contribution in [3.8, 4) is 6.57 Å². The summed E-state index contributed by atoms with van der Waals surface area (Å²) in [5.41, 5.74) is 4.74. The SMILES string of the molecule is C#N.Cc1ccc(Br)c(C(=O)N2CCCCC2c2cc3nc(N4CCCC4)c(C)cn3n2)c1. The molecular formula is C25H29BrN6O. The van der Waals surface area contributed by atoms with Gasteiger partial charge in [0.1, 0.15) is 5.82 Å². The molecular weight excluding hydrogens is 480 g/mol. The Balaban J connectivity index is 0.00000126. The maximum Gasteiger partial charge on any atom is 0.255 e. The Hall–Kier alpha value is -2.92. The number of anilines is 1. The molecule has 0 radical (unpaired) electrons. The molecule has 1 aromatic carbocycles. The molecule has 7 nitrogen and oxygen atoms in total. The number of rotatable bonds is 3. The van der Waals surface area contributed by atoms with E-state index in [2.05, 4.69) is 46.6 Å². The third-order valence-electron chi connectivity index (χ3n) is 6.49. The van der Waals surface area contributed by atoms with Crippen LogP contribution in [0.3, 0.4) is 0 Å². The number of nitriles is 1. The molecule has 1 unspecified atom stereocenters. The molecule has 3 aromatic rings. The van der Waals surface area contributed by atoms with Crippen LogP contribution in [0.2, 0.25) is 0 Å². The third-order valence-corrected chi connectivity index (χ3v) is 7.18. The molecule has 0 aliphatic carbocycles. The first-order chi connectivity index (χ1) is 16.0. The molecule has 2 saturated heterocycles. The first-order valence-electron chi connectivity index (χ1n) is 11.5. The lowest BCUT2D eigenvalue weighted by Gasteiger charge is -2.35. The second-order valence-corrected chi connectivity index (χ2v) is 9.66. The fraction of sp³-hybridized carbons (Fsp3) is 0.440. The van der Waals surface area contributed by atoms with Gasteiger partial charge in [-0.1, -0.05) is 11.6 Å².